The number of benzene rings is 1. The summed E-state index contributed by atoms with van der Waals surface area (Å²) >= 11 is 12.1. The zero-order chi connectivity index (χ0) is 19.7. The molecule has 0 amide bonds. The topological polar surface area (TPSA) is 63.2 Å². The molecule has 0 radical (unpaired) electrons. The van der Waals surface area contributed by atoms with Gasteiger partial charge in [0.2, 0.25) is 5.88 Å². The lowest BCUT2D eigenvalue weighted by Crippen LogP contribution is -2.52. The van der Waals surface area contributed by atoms with Crippen LogP contribution in [0.5, 0.6) is 5.88 Å². The molecule has 6 nitrogen and oxygen atoms in total. The van der Waals surface area contributed by atoms with Crippen LogP contribution < -0.4 is 10.1 Å². The standard InChI is InChI=1S/C20H17Cl2N5O/c1-3-12(2)27-9-14(10-27)28-19-7-15-18(8-23-19)24-11-25-20(15)26-13-4-5-16(21)17(22)6-13/h3-8,11,14H,1-2,9-10H2,(H,24,25,26). The molecule has 0 atom stereocenters. The smallest absolute Gasteiger partial charge is 0.214 e. The van der Waals surface area contributed by atoms with Crippen LogP contribution in [0.15, 0.2) is 61.7 Å². The average Bonchev–Trinajstić information content (AvgIpc) is 2.67. The molecule has 0 unspecified atom stereocenters. The number of fused-ring (bicyclic) bond motifs is 1. The van der Waals surface area contributed by atoms with Gasteiger partial charge in [-0.15, -0.1) is 0 Å². The van der Waals surface area contributed by atoms with Crippen molar-refractivity contribution in [3.63, 3.8) is 0 Å². The van der Waals surface area contributed by atoms with Crippen molar-refractivity contribution in [2.45, 2.75) is 6.10 Å². The van der Waals surface area contributed by atoms with Crippen LogP contribution in [0.2, 0.25) is 10.0 Å². The normalized spacial score (nSPS) is 13.9. The van der Waals surface area contributed by atoms with Gasteiger partial charge in [0.1, 0.15) is 18.2 Å². The molecule has 28 heavy (non-hydrogen) atoms. The van der Waals surface area contributed by atoms with Gasteiger partial charge in [-0.3, -0.25) is 0 Å². The Hall–Kier alpha value is -2.83. The summed E-state index contributed by atoms with van der Waals surface area (Å²) in [6, 6.07) is 7.13. The van der Waals surface area contributed by atoms with Crippen LogP contribution in [0.3, 0.4) is 0 Å². The van der Waals surface area contributed by atoms with E-state index in [1.165, 1.54) is 6.33 Å². The Morgan fingerprint density at radius 1 is 1.18 bits per heavy atom. The van der Waals surface area contributed by atoms with Gasteiger partial charge in [-0.2, -0.15) is 0 Å². The van der Waals surface area contributed by atoms with Crippen molar-refractivity contribution in [1.82, 2.24) is 19.9 Å². The molecule has 3 aromatic rings. The molecule has 0 aliphatic carbocycles. The Kier molecular flexibility index (Phi) is 5.07. The molecule has 0 saturated carbocycles. The van der Waals surface area contributed by atoms with Gasteiger partial charge in [-0.1, -0.05) is 36.4 Å². The summed E-state index contributed by atoms with van der Waals surface area (Å²) in [6.07, 6.45) is 4.95. The summed E-state index contributed by atoms with van der Waals surface area (Å²) in [5, 5.41) is 5.00. The van der Waals surface area contributed by atoms with Crippen molar-refractivity contribution in [1.29, 1.82) is 0 Å². The molecule has 142 valence electrons. The number of rotatable bonds is 6. The lowest BCUT2D eigenvalue weighted by molar-refractivity contribution is 0.0439. The Morgan fingerprint density at radius 2 is 2.00 bits per heavy atom. The highest BCUT2D eigenvalue weighted by Crippen LogP contribution is 2.30. The molecule has 0 bridgehead atoms. The molecule has 4 rings (SSSR count). The number of anilines is 2. The van der Waals surface area contributed by atoms with Crippen LogP contribution in [0, 0.1) is 0 Å². The predicted molar refractivity (Wildman–Crippen MR) is 112 cm³/mol. The largest absolute Gasteiger partial charge is 0.471 e. The molecule has 8 heteroatoms. The second-order valence-electron chi connectivity index (χ2n) is 6.36. The summed E-state index contributed by atoms with van der Waals surface area (Å²) < 4.78 is 5.97. The minimum atomic E-state index is 0.0535. The first-order valence-corrected chi connectivity index (χ1v) is 9.35. The van der Waals surface area contributed by atoms with E-state index in [1.54, 1.807) is 24.4 Å². The zero-order valence-electron chi connectivity index (χ0n) is 14.9. The van der Waals surface area contributed by atoms with Gasteiger partial charge in [0.05, 0.1) is 34.8 Å². The molecule has 2 aromatic heterocycles. The first kappa shape index (κ1) is 18.5. The summed E-state index contributed by atoms with van der Waals surface area (Å²) in [5.41, 5.74) is 2.37. The Bertz CT molecular complexity index is 1070. The molecule has 3 heterocycles. The SMILES string of the molecule is C=CC(=C)N1CC(Oc2cc3c(Nc4ccc(Cl)c(Cl)c4)ncnc3cn2)C1. The number of likely N-dealkylation sites (tertiary alicyclic amines) is 1. The molecule has 1 fully saturated rings. The second-order valence-corrected chi connectivity index (χ2v) is 7.17. The lowest BCUT2D eigenvalue weighted by atomic mass is 10.1. The molecular weight excluding hydrogens is 397 g/mol. The van der Waals surface area contributed by atoms with Gasteiger partial charge in [-0.05, 0) is 24.3 Å². The number of hydrogen-bond acceptors (Lipinski definition) is 6. The Labute approximate surface area is 172 Å². The van der Waals surface area contributed by atoms with E-state index in [1.807, 2.05) is 12.1 Å². The van der Waals surface area contributed by atoms with Crippen molar-refractivity contribution < 1.29 is 4.74 Å². The van der Waals surface area contributed by atoms with Crippen molar-refractivity contribution in [3.05, 3.63) is 71.8 Å². The van der Waals surface area contributed by atoms with Crippen LogP contribution in [0.4, 0.5) is 11.5 Å². The van der Waals surface area contributed by atoms with Crippen LogP contribution in [0.25, 0.3) is 10.9 Å². The number of pyridine rings is 1. The van der Waals surface area contributed by atoms with Gasteiger partial charge in [0.15, 0.2) is 0 Å². The van der Waals surface area contributed by atoms with Gasteiger partial charge in [-0.25, -0.2) is 15.0 Å². The fraction of sp³-hybridized carbons (Fsp3) is 0.150. The number of ether oxygens (including phenoxy) is 1. The molecule has 1 aliphatic heterocycles. The van der Waals surface area contributed by atoms with Crippen LogP contribution in [0.1, 0.15) is 0 Å². The number of nitrogens with zero attached hydrogens (tertiary/aromatic N) is 4. The van der Waals surface area contributed by atoms with E-state index in [0.29, 0.717) is 27.3 Å². The van der Waals surface area contributed by atoms with Gasteiger partial charge in [0, 0.05) is 22.8 Å². The van der Waals surface area contributed by atoms with E-state index in [9.17, 15) is 0 Å². The Morgan fingerprint density at radius 3 is 2.75 bits per heavy atom. The molecule has 1 aromatic carbocycles. The van der Waals surface area contributed by atoms with Gasteiger partial charge >= 0.3 is 0 Å². The van der Waals surface area contributed by atoms with E-state index < -0.39 is 0 Å². The first-order chi connectivity index (χ1) is 13.5. The van der Waals surface area contributed by atoms with E-state index in [-0.39, 0.29) is 6.10 Å². The highest BCUT2D eigenvalue weighted by atomic mass is 35.5. The fourth-order valence-electron chi connectivity index (χ4n) is 2.86. The number of aromatic nitrogens is 3. The van der Waals surface area contributed by atoms with Gasteiger partial charge in [0.25, 0.3) is 0 Å². The van der Waals surface area contributed by atoms with E-state index in [0.717, 1.165) is 29.9 Å². The summed E-state index contributed by atoms with van der Waals surface area (Å²) in [4.78, 5) is 15.1. The minimum absolute atomic E-state index is 0.0535. The highest BCUT2D eigenvalue weighted by Gasteiger charge is 2.28. The molecule has 1 aliphatic rings. The number of halogens is 2. The maximum atomic E-state index is 6.10. The third-order valence-electron chi connectivity index (χ3n) is 4.46. The van der Waals surface area contributed by atoms with Crippen molar-refractivity contribution in [2.24, 2.45) is 0 Å². The summed E-state index contributed by atoms with van der Waals surface area (Å²) in [6.45, 7) is 9.17. The van der Waals surface area contributed by atoms with Crippen LogP contribution in [-0.2, 0) is 0 Å². The van der Waals surface area contributed by atoms with Crippen LogP contribution >= 0.6 is 23.2 Å². The predicted octanol–water partition coefficient (Wildman–Crippen LogP) is 4.84. The Balaban J connectivity index is 1.55. The molecule has 1 N–H and O–H groups in total. The van der Waals surface area contributed by atoms with E-state index in [4.69, 9.17) is 27.9 Å². The quantitative estimate of drug-likeness (QED) is 0.583. The summed E-state index contributed by atoms with van der Waals surface area (Å²) in [7, 11) is 0. The third-order valence-corrected chi connectivity index (χ3v) is 5.20. The zero-order valence-corrected chi connectivity index (χ0v) is 16.4. The maximum absolute atomic E-state index is 6.10. The average molecular weight is 414 g/mol. The third kappa shape index (κ3) is 3.74. The first-order valence-electron chi connectivity index (χ1n) is 8.59. The van der Waals surface area contributed by atoms with E-state index >= 15 is 0 Å². The highest BCUT2D eigenvalue weighted by molar-refractivity contribution is 6.42. The van der Waals surface area contributed by atoms with E-state index in [2.05, 4.69) is 38.3 Å². The number of hydrogen-bond donors (Lipinski definition) is 1. The minimum Gasteiger partial charge on any atom is -0.471 e. The summed E-state index contributed by atoms with van der Waals surface area (Å²) in [5.74, 6) is 1.15. The molecular formula is C20H17Cl2N5O. The number of allylic oxidation sites excluding steroid dienone is 1. The lowest BCUT2D eigenvalue weighted by Gasteiger charge is -2.40. The fourth-order valence-corrected chi connectivity index (χ4v) is 3.16. The molecule has 1 saturated heterocycles. The monoisotopic (exact) mass is 413 g/mol. The van der Waals surface area contributed by atoms with Crippen molar-refractivity contribution >= 4 is 45.6 Å². The van der Waals surface area contributed by atoms with Crippen LogP contribution in [-0.4, -0.2) is 39.0 Å². The number of nitrogens with one attached hydrogen (secondary N) is 1. The van der Waals surface area contributed by atoms with Crippen molar-refractivity contribution in [2.75, 3.05) is 18.4 Å². The molecule has 0 spiro atoms. The van der Waals surface area contributed by atoms with Crippen molar-refractivity contribution in [3.8, 4) is 5.88 Å². The maximum Gasteiger partial charge on any atom is 0.214 e. The van der Waals surface area contributed by atoms with Gasteiger partial charge < -0.3 is 15.0 Å². The second kappa shape index (κ2) is 7.66.